The van der Waals surface area contributed by atoms with E-state index in [0.29, 0.717) is 37.3 Å². The number of rotatable bonds is 15. The van der Waals surface area contributed by atoms with Crippen molar-refractivity contribution in [2.24, 2.45) is 5.41 Å². The Morgan fingerprint density at radius 1 is 0.829 bits per heavy atom. The van der Waals surface area contributed by atoms with Crippen molar-refractivity contribution >= 4 is 17.8 Å². The van der Waals surface area contributed by atoms with Gasteiger partial charge >= 0.3 is 11.9 Å². The maximum absolute atomic E-state index is 12.5. The number of carbonyl (C=O) groups excluding carboxylic acids is 2. The zero-order chi connectivity index (χ0) is 29.9. The highest BCUT2D eigenvalue weighted by atomic mass is 16.5. The Kier molecular flexibility index (Phi) is 11.1. The van der Waals surface area contributed by atoms with E-state index < -0.39 is 23.0 Å². The highest BCUT2D eigenvalue weighted by Gasteiger charge is 2.28. The Balaban J connectivity index is 1.41. The molecule has 8 heteroatoms. The molecule has 3 aromatic carbocycles. The Bertz CT molecular complexity index is 1300. The maximum atomic E-state index is 12.5. The quantitative estimate of drug-likeness (QED) is 0.223. The molecule has 218 valence electrons. The van der Waals surface area contributed by atoms with Crippen molar-refractivity contribution in [1.82, 2.24) is 5.32 Å². The highest BCUT2D eigenvalue weighted by molar-refractivity contribution is 5.91. The number of hydrogen-bond acceptors (Lipinski definition) is 6. The van der Waals surface area contributed by atoms with Crippen LogP contribution in [0.1, 0.15) is 56.5 Å². The molecule has 0 unspecified atom stereocenters. The number of ether oxygens (including phenoxy) is 3. The zero-order valence-corrected chi connectivity index (χ0v) is 24.1. The predicted octanol–water partition coefficient (Wildman–Crippen LogP) is 5.89. The lowest BCUT2D eigenvalue weighted by molar-refractivity contribution is -0.149. The van der Waals surface area contributed by atoms with Crippen LogP contribution in [-0.2, 0) is 25.7 Å². The third kappa shape index (κ3) is 10.4. The number of carbonyl (C=O) groups is 3. The van der Waals surface area contributed by atoms with Crippen LogP contribution in [0.2, 0.25) is 0 Å². The lowest BCUT2D eigenvalue weighted by Crippen LogP contribution is -2.36. The minimum atomic E-state index is -0.855. The number of amides is 1. The molecule has 0 atom stereocenters. The van der Waals surface area contributed by atoms with Crippen LogP contribution in [0.15, 0.2) is 78.9 Å². The molecule has 1 amide bonds. The minimum Gasteiger partial charge on any atom is -0.484 e. The van der Waals surface area contributed by atoms with Crippen LogP contribution < -0.4 is 10.1 Å². The van der Waals surface area contributed by atoms with Gasteiger partial charge in [0.05, 0.1) is 16.6 Å². The smallest absolute Gasteiger partial charge is 0.338 e. The first-order valence-corrected chi connectivity index (χ1v) is 13.6. The molecule has 0 saturated heterocycles. The molecule has 0 aliphatic carbocycles. The van der Waals surface area contributed by atoms with Crippen LogP contribution in [0.5, 0.6) is 5.75 Å². The summed E-state index contributed by atoms with van der Waals surface area (Å²) in [6.07, 6.45) is 0.970. The Hall–Kier alpha value is -4.17. The SMILES string of the molecule is CC(C)(CCNC(=O)COc1ccc(-c2cccc(C(=O)OCc3ccccc3)c2)cc1)OCCC(C)(C)C(=O)O. The molecular formula is C33H39NO7. The Labute approximate surface area is 241 Å². The largest absolute Gasteiger partial charge is 0.484 e. The maximum Gasteiger partial charge on any atom is 0.338 e. The average molecular weight is 562 g/mol. The van der Waals surface area contributed by atoms with E-state index in [2.05, 4.69) is 5.32 Å². The minimum absolute atomic E-state index is 0.129. The average Bonchev–Trinajstić information content (AvgIpc) is 2.95. The van der Waals surface area contributed by atoms with Gasteiger partial charge in [-0.15, -0.1) is 0 Å². The van der Waals surface area contributed by atoms with Crippen molar-refractivity contribution < 1.29 is 33.7 Å². The summed E-state index contributed by atoms with van der Waals surface area (Å²) in [5.41, 5.74) is 1.80. The van der Waals surface area contributed by atoms with E-state index in [1.807, 2.05) is 68.4 Å². The summed E-state index contributed by atoms with van der Waals surface area (Å²) in [7, 11) is 0. The van der Waals surface area contributed by atoms with Crippen molar-refractivity contribution in [3.63, 3.8) is 0 Å². The molecule has 41 heavy (non-hydrogen) atoms. The second-order valence-electron chi connectivity index (χ2n) is 11.1. The normalized spacial score (nSPS) is 11.5. The summed E-state index contributed by atoms with van der Waals surface area (Å²) < 4.78 is 16.9. The van der Waals surface area contributed by atoms with Crippen LogP contribution >= 0.6 is 0 Å². The lowest BCUT2D eigenvalue weighted by atomic mass is 9.90. The van der Waals surface area contributed by atoms with Crippen molar-refractivity contribution in [3.8, 4) is 16.9 Å². The summed E-state index contributed by atoms with van der Waals surface area (Å²) in [5, 5.41) is 12.0. The number of benzene rings is 3. The molecule has 0 bridgehead atoms. The molecule has 0 spiro atoms. The second-order valence-corrected chi connectivity index (χ2v) is 11.1. The summed E-state index contributed by atoms with van der Waals surface area (Å²) in [5.74, 6) is -0.948. The predicted molar refractivity (Wildman–Crippen MR) is 157 cm³/mol. The summed E-state index contributed by atoms with van der Waals surface area (Å²) in [6, 6.07) is 24.0. The fourth-order valence-corrected chi connectivity index (χ4v) is 3.84. The van der Waals surface area contributed by atoms with E-state index in [-0.39, 0.29) is 19.1 Å². The fourth-order valence-electron chi connectivity index (χ4n) is 3.84. The van der Waals surface area contributed by atoms with Gasteiger partial charge in [-0.3, -0.25) is 9.59 Å². The third-order valence-electron chi connectivity index (χ3n) is 6.72. The first kappa shape index (κ1) is 31.4. The Morgan fingerprint density at radius 2 is 1.54 bits per heavy atom. The van der Waals surface area contributed by atoms with Gasteiger partial charge in [0.2, 0.25) is 0 Å². The van der Waals surface area contributed by atoms with Gasteiger partial charge in [-0.2, -0.15) is 0 Å². The molecule has 3 aromatic rings. The molecule has 0 aliphatic heterocycles. The van der Waals surface area contributed by atoms with E-state index in [4.69, 9.17) is 14.2 Å². The highest BCUT2D eigenvalue weighted by Crippen LogP contribution is 2.25. The number of aliphatic carboxylic acids is 1. The van der Waals surface area contributed by atoms with Gasteiger partial charge in [0, 0.05) is 13.2 Å². The molecule has 0 aromatic heterocycles. The molecular weight excluding hydrogens is 522 g/mol. The molecule has 2 N–H and O–H groups in total. The first-order chi connectivity index (χ1) is 19.4. The number of nitrogens with one attached hydrogen (secondary N) is 1. The van der Waals surface area contributed by atoms with Gasteiger partial charge < -0.3 is 24.6 Å². The molecule has 0 aliphatic rings. The van der Waals surface area contributed by atoms with Crippen LogP contribution in [-0.4, -0.2) is 48.3 Å². The monoisotopic (exact) mass is 561 g/mol. The molecule has 0 saturated carbocycles. The standard InChI is InChI=1S/C33H39NO7/c1-32(2,31(37)38)18-20-41-33(3,4)17-19-34-29(35)23-39-28-15-13-25(14-16-28)26-11-8-12-27(21-26)30(36)40-22-24-9-6-5-7-10-24/h5-16,21H,17-20,22-23H2,1-4H3,(H,34,35)(H,37,38). The first-order valence-electron chi connectivity index (χ1n) is 13.6. The summed E-state index contributed by atoms with van der Waals surface area (Å²) in [4.78, 5) is 36.0. The number of carboxylic acid groups (broad SMARTS) is 1. The fraction of sp³-hybridized carbons (Fsp3) is 0.364. The number of esters is 1. The van der Waals surface area contributed by atoms with Crippen LogP contribution in [0.3, 0.4) is 0 Å². The van der Waals surface area contributed by atoms with E-state index in [0.717, 1.165) is 16.7 Å². The van der Waals surface area contributed by atoms with E-state index in [9.17, 15) is 19.5 Å². The lowest BCUT2D eigenvalue weighted by Gasteiger charge is -2.27. The van der Waals surface area contributed by atoms with Crippen LogP contribution in [0, 0.1) is 5.41 Å². The number of carboxylic acids is 1. The number of hydrogen-bond donors (Lipinski definition) is 2. The van der Waals surface area contributed by atoms with Crippen molar-refractivity contribution in [3.05, 3.63) is 90.0 Å². The van der Waals surface area contributed by atoms with Crippen LogP contribution in [0.25, 0.3) is 11.1 Å². The van der Waals surface area contributed by atoms with Crippen LogP contribution in [0.4, 0.5) is 0 Å². The topological polar surface area (TPSA) is 111 Å². The van der Waals surface area contributed by atoms with Gasteiger partial charge in [0.1, 0.15) is 12.4 Å². The summed E-state index contributed by atoms with van der Waals surface area (Å²) >= 11 is 0. The van der Waals surface area contributed by atoms with E-state index >= 15 is 0 Å². The molecule has 0 fully saturated rings. The zero-order valence-electron chi connectivity index (χ0n) is 24.1. The van der Waals surface area contributed by atoms with Gasteiger partial charge in [-0.1, -0.05) is 54.6 Å². The van der Waals surface area contributed by atoms with Gasteiger partial charge in [-0.05, 0) is 81.5 Å². The van der Waals surface area contributed by atoms with Gasteiger partial charge in [0.25, 0.3) is 5.91 Å². The molecule has 0 radical (unpaired) electrons. The summed E-state index contributed by atoms with van der Waals surface area (Å²) in [6.45, 7) is 7.97. The molecule has 8 nitrogen and oxygen atoms in total. The molecule has 0 heterocycles. The van der Waals surface area contributed by atoms with Gasteiger partial charge in [-0.25, -0.2) is 4.79 Å². The van der Waals surface area contributed by atoms with E-state index in [1.54, 1.807) is 38.1 Å². The van der Waals surface area contributed by atoms with Gasteiger partial charge in [0.15, 0.2) is 6.61 Å². The third-order valence-corrected chi connectivity index (χ3v) is 6.72. The van der Waals surface area contributed by atoms with E-state index in [1.165, 1.54) is 0 Å². The van der Waals surface area contributed by atoms with Crippen molar-refractivity contribution in [2.45, 2.75) is 52.7 Å². The second kappa shape index (κ2) is 14.5. The molecule has 3 rings (SSSR count). The van der Waals surface area contributed by atoms with Crippen molar-refractivity contribution in [1.29, 1.82) is 0 Å². The van der Waals surface area contributed by atoms with Crippen molar-refractivity contribution in [2.75, 3.05) is 19.8 Å². The Morgan fingerprint density at radius 3 is 2.22 bits per heavy atom.